The van der Waals surface area contributed by atoms with Crippen LogP contribution in [0.4, 0.5) is 0 Å². The van der Waals surface area contributed by atoms with Gasteiger partial charge < -0.3 is 9.30 Å². The van der Waals surface area contributed by atoms with E-state index in [2.05, 4.69) is 34.1 Å². The molecule has 1 aromatic heterocycles. The monoisotopic (exact) mass is 457 g/mol. The van der Waals surface area contributed by atoms with Crippen LogP contribution in [0.2, 0.25) is 5.02 Å². The lowest BCUT2D eigenvalue weighted by Crippen LogP contribution is -2.19. The van der Waals surface area contributed by atoms with Gasteiger partial charge in [0, 0.05) is 21.9 Å². The molecule has 144 valence electrons. The average Bonchev–Trinajstić information content (AvgIpc) is 3.42. The van der Waals surface area contributed by atoms with Gasteiger partial charge in [-0.3, -0.25) is 4.79 Å². The minimum absolute atomic E-state index is 0.159. The number of esters is 1. The van der Waals surface area contributed by atoms with E-state index < -0.39 is 0 Å². The molecule has 1 heterocycles. The Labute approximate surface area is 178 Å². The van der Waals surface area contributed by atoms with Gasteiger partial charge in [-0.05, 0) is 72.2 Å². The summed E-state index contributed by atoms with van der Waals surface area (Å²) in [4.78, 5) is 12.7. The molecule has 0 spiro atoms. The predicted molar refractivity (Wildman–Crippen MR) is 114 cm³/mol. The van der Waals surface area contributed by atoms with Crippen molar-refractivity contribution >= 4 is 33.5 Å². The van der Waals surface area contributed by atoms with E-state index in [1.165, 1.54) is 11.1 Å². The maximum atomic E-state index is 12.7. The van der Waals surface area contributed by atoms with Gasteiger partial charge in [-0.1, -0.05) is 51.8 Å². The fraction of sp³-hybridized carbons (Fsp3) is 0.261. The molecular formula is C23H21BrClNO2. The normalized spacial score (nSPS) is 14.6. The number of carbonyl (C=O) groups is 1. The van der Waals surface area contributed by atoms with Gasteiger partial charge in [0.2, 0.25) is 0 Å². The van der Waals surface area contributed by atoms with E-state index >= 15 is 0 Å². The number of rotatable bonds is 7. The maximum absolute atomic E-state index is 12.7. The van der Waals surface area contributed by atoms with E-state index in [4.69, 9.17) is 16.3 Å². The fourth-order valence-corrected chi connectivity index (χ4v) is 3.83. The summed E-state index contributed by atoms with van der Waals surface area (Å²) in [5.41, 5.74) is 3.42. The van der Waals surface area contributed by atoms with Crippen molar-refractivity contribution in [2.45, 2.75) is 31.9 Å². The molecule has 1 atom stereocenters. The van der Waals surface area contributed by atoms with E-state index in [0.29, 0.717) is 10.9 Å². The van der Waals surface area contributed by atoms with Gasteiger partial charge in [-0.25, -0.2) is 0 Å². The van der Waals surface area contributed by atoms with Crippen molar-refractivity contribution in [2.24, 2.45) is 5.92 Å². The molecule has 0 bridgehead atoms. The van der Waals surface area contributed by atoms with Gasteiger partial charge in [0.05, 0.1) is 5.92 Å². The zero-order valence-electron chi connectivity index (χ0n) is 15.4. The second kappa shape index (κ2) is 8.54. The van der Waals surface area contributed by atoms with Crippen molar-refractivity contribution in [3.05, 3.63) is 93.2 Å². The Balaban J connectivity index is 1.37. The van der Waals surface area contributed by atoms with Crippen LogP contribution >= 0.6 is 27.5 Å². The number of nitrogens with zero attached hydrogens (tertiary/aromatic N) is 1. The van der Waals surface area contributed by atoms with Crippen LogP contribution in [-0.2, 0) is 22.7 Å². The lowest BCUT2D eigenvalue weighted by molar-refractivity contribution is -0.150. The Morgan fingerprint density at radius 2 is 1.79 bits per heavy atom. The molecule has 1 unspecified atom stereocenters. The first kappa shape index (κ1) is 19.3. The topological polar surface area (TPSA) is 31.2 Å². The summed E-state index contributed by atoms with van der Waals surface area (Å²) >= 11 is 9.43. The second-order valence-corrected chi connectivity index (χ2v) is 8.65. The van der Waals surface area contributed by atoms with Crippen LogP contribution in [0.3, 0.4) is 0 Å². The van der Waals surface area contributed by atoms with Crippen LogP contribution < -0.4 is 0 Å². The van der Waals surface area contributed by atoms with Crippen molar-refractivity contribution < 1.29 is 9.53 Å². The number of hydrogen-bond acceptors (Lipinski definition) is 2. The highest BCUT2D eigenvalue weighted by Gasteiger charge is 2.38. The lowest BCUT2D eigenvalue weighted by atomic mass is 9.94. The van der Waals surface area contributed by atoms with Crippen molar-refractivity contribution in [1.29, 1.82) is 0 Å². The number of benzene rings is 2. The highest BCUT2D eigenvalue weighted by atomic mass is 79.9. The summed E-state index contributed by atoms with van der Waals surface area (Å²) in [5.74, 6) is 0.0225. The SMILES string of the molecule is O=C(OCn1ccc(Cc2ccc(Br)cc2)c1)C(c1ccc(Cl)cc1)C1CC1. The molecule has 1 aliphatic rings. The molecule has 1 aliphatic carbocycles. The number of ether oxygens (including phenoxy) is 1. The number of carbonyl (C=O) groups excluding carboxylic acids is 1. The summed E-state index contributed by atoms with van der Waals surface area (Å²) in [6.45, 7) is 0.232. The van der Waals surface area contributed by atoms with Gasteiger partial charge in [0.1, 0.15) is 0 Å². The Hall–Kier alpha value is -2.04. The highest BCUT2D eigenvalue weighted by molar-refractivity contribution is 9.10. The Bertz CT molecular complexity index is 945. The van der Waals surface area contributed by atoms with Gasteiger partial charge in [0.25, 0.3) is 0 Å². The van der Waals surface area contributed by atoms with Crippen LogP contribution in [0.5, 0.6) is 0 Å². The molecule has 0 saturated heterocycles. The summed E-state index contributed by atoms with van der Waals surface area (Å²) in [7, 11) is 0. The molecule has 0 amide bonds. The van der Waals surface area contributed by atoms with Gasteiger partial charge >= 0.3 is 5.97 Å². The zero-order chi connectivity index (χ0) is 19.5. The zero-order valence-corrected chi connectivity index (χ0v) is 17.7. The van der Waals surface area contributed by atoms with Crippen LogP contribution in [0.25, 0.3) is 0 Å². The largest absolute Gasteiger partial charge is 0.443 e. The molecule has 28 heavy (non-hydrogen) atoms. The van der Waals surface area contributed by atoms with E-state index in [0.717, 1.165) is 29.3 Å². The molecular weight excluding hydrogens is 438 g/mol. The first-order chi connectivity index (χ1) is 13.6. The first-order valence-electron chi connectivity index (χ1n) is 9.40. The Kier molecular flexibility index (Phi) is 5.88. The third kappa shape index (κ3) is 4.86. The lowest BCUT2D eigenvalue weighted by Gasteiger charge is -2.16. The minimum Gasteiger partial charge on any atom is -0.443 e. The molecule has 5 heteroatoms. The third-order valence-corrected chi connectivity index (χ3v) is 5.85. The van der Waals surface area contributed by atoms with E-state index in [1.807, 2.05) is 53.4 Å². The molecule has 2 aromatic carbocycles. The predicted octanol–water partition coefficient (Wildman–Crippen LogP) is 6.19. The van der Waals surface area contributed by atoms with E-state index in [9.17, 15) is 4.79 Å². The smallest absolute Gasteiger partial charge is 0.315 e. The quantitative estimate of drug-likeness (QED) is 0.395. The molecule has 4 rings (SSSR count). The van der Waals surface area contributed by atoms with Crippen LogP contribution in [0.1, 0.15) is 35.4 Å². The van der Waals surface area contributed by atoms with Crippen molar-refractivity contribution in [3.8, 4) is 0 Å². The summed E-state index contributed by atoms with van der Waals surface area (Å²) in [6, 6.07) is 17.9. The van der Waals surface area contributed by atoms with E-state index in [-0.39, 0.29) is 18.6 Å². The van der Waals surface area contributed by atoms with Crippen LogP contribution in [-0.4, -0.2) is 10.5 Å². The molecule has 3 aromatic rings. The second-order valence-electron chi connectivity index (χ2n) is 7.30. The van der Waals surface area contributed by atoms with Crippen LogP contribution in [0, 0.1) is 5.92 Å². The van der Waals surface area contributed by atoms with Gasteiger partial charge in [-0.2, -0.15) is 0 Å². The number of hydrogen-bond donors (Lipinski definition) is 0. The standard InChI is InChI=1S/C23H21BrClNO2/c24-20-7-1-16(2-8-20)13-17-11-12-26(14-17)15-28-23(27)22(18-3-4-18)19-5-9-21(25)10-6-19/h1-2,5-12,14,18,22H,3-4,13,15H2. The third-order valence-electron chi connectivity index (χ3n) is 5.07. The molecule has 0 aliphatic heterocycles. The summed E-state index contributed by atoms with van der Waals surface area (Å²) in [5, 5.41) is 0.678. The van der Waals surface area contributed by atoms with Crippen molar-refractivity contribution in [3.63, 3.8) is 0 Å². The maximum Gasteiger partial charge on any atom is 0.315 e. The molecule has 0 N–H and O–H groups in total. The summed E-state index contributed by atoms with van der Waals surface area (Å²) < 4.78 is 8.63. The molecule has 0 radical (unpaired) electrons. The summed E-state index contributed by atoms with van der Waals surface area (Å²) in [6.07, 6.45) is 6.98. The highest BCUT2D eigenvalue weighted by Crippen LogP contribution is 2.43. The fourth-order valence-electron chi connectivity index (χ4n) is 3.44. The van der Waals surface area contributed by atoms with Gasteiger partial charge in [0.15, 0.2) is 6.73 Å². The van der Waals surface area contributed by atoms with Gasteiger partial charge in [-0.15, -0.1) is 0 Å². The molecule has 1 saturated carbocycles. The van der Waals surface area contributed by atoms with Crippen molar-refractivity contribution in [2.75, 3.05) is 0 Å². The molecule has 3 nitrogen and oxygen atoms in total. The Morgan fingerprint density at radius 3 is 2.46 bits per heavy atom. The average molecular weight is 459 g/mol. The number of halogens is 2. The molecule has 1 fully saturated rings. The minimum atomic E-state index is -0.199. The van der Waals surface area contributed by atoms with E-state index in [1.54, 1.807) is 0 Å². The van der Waals surface area contributed by atoms with Crippen molar-refractivity contribution in [1.82, 2.24) is 4.57 Å². The first-order valence-corrected chi connectivity index (χ1v) is 10.6. The Morgan fingerprint density at radius 1 is 1.07 bits per heavy atom. The number of aromatic nitrogens is 1. The van der Waals surface area contributed by atoms with Crippen LogP contribution in [0.15, 0.2) is 71.5 Å².